The molecule has 2 aliphatic heterocycles. The molecule has 2 heterocycles. The molecule has 2 saturated heterocycles. The molecule has 0 bridgehead atoms. The predicted molar refractivity (Wildman–Crippen MR) is 257 cm³/mol. The van der Waals surface area contributed by atoms with Crippen LogP contribution in [0.1, 0.15) is 129 Å². The zero-order valence-electron chi connectivity index (χ0n) is 42.8. The van der Waals surface area contributed by atoms with Crippen LogP contribution in [0.2, 0.25) is 0 Å². The quantitative estimate of drug-likeness (QED) is 0.0723. The number of hydrogen-bond donors (Lipinski definition) is 2. The van der Waals surface area contributed by atoms with E-state index in [0.29, 0.717) is 31.6 Å². The van der Waals surface area contributed by atoms with Crippen LogP contribution >= 0.6 is 0 Å². The van der Waals surface area contributed by atoms with Crippen molar-refractivity contribution in [3.63, 3.8) is 0 Å². The summed E-state index contributed by atoms with van der Waals surface area (Å²) >= 11 is 0. The van der Waals surface area contributed by atoms with E-state index in [2.05, 4.69) is 58.9 Å². The minimum absolute atomic E-state index is 0. The number of carbonyl (C=O) groups excluding carboxylic acids is 4. The Bertz CT molecular complexity index is 1680. The number of hydrogen-bond acceptors (Lipinski definition) is 14. The van der Waals surface area contributed by atoms with Crippen molar-refractivity contribution in [2.45, 2.75) is 155 Å². The summed E-state index contributed by atoms with van der Waals surface area (Å²) in [6.45, 7) is 14.0. The number of rotatable bonds is 17. The molecule has 0 unspecified atom stereocenters. The summed E-state index contributed by atoms with van der Waals surface area (Å²) in [7, 11) is 8.29. The van der Waals surface area contributed by atoms with Crippen molar-refractivity contribution >= 4 is 32.2 Å². The van der Waals surface area contributed by atoms with Gasteiger partial charge in [0.1, 0.15) is 17.9 Å². The number of benzene rings is 2. The van der Waals surface area contributed by atoms with Crippen molar-refractivity contribution in [3.05, 3.63) is 71.3 Å². The topological polar surface area (TPSA) is 160 Å². The van der Waals surface area contributed by atoms with E-state index < -0.39 is 23.7 Å². The summed E-state index contributed by atoms with van der Waals surface area (Å²) in [6.07, 6.45) is 17.5. The van der Waals surface area contributed by atoms with Gasteiger partial charge < -0.3 is 52.0 Å². The van der Waals surface area contributed by atoms with Crippen LogP contribution in [-0.4, -0.2) is 121 Å². The first-order chi connectivity index (χ1) is 32.7. The van der Waals surface area contributed by atoms with E-state index in [1.165, 1.54) is 50.2 Å². The molecule has 4 aliphatic rings. The van der Waals surface area contributed by atoms with Gasteiger partial charge in [0.15, 0.2) is 11.6 Å². The van der Waals surface area contributed by atoms with Crippen molar-refractivity contribution in [2.24, 2.45) is 11.8 Å². The summed E-state index contributed by atoms with van der Waals surface area (Å²) in [6, 6.07) is 14.6. The Balaban J connectivity index is 0.000000481. The first kappa shape index (κ1) is 64.2. The molecule has 2 spiro atoms. The molecule has 0 aromatic heterocycles. The minimum atomic E-state index is -0.639. The van der Waals surface area contributed by atoms with Crippen molar-refractivity contribution in [1.82, 2.24) is 15.5 Å². The Morgan fingerprint density at radius 3 is 1.55 bits per heavy atom. The molecule has 2 N–H and O–H groups in total. The second kappa shape index (κ2) is 37.0. The van der Waals surface area contributed by atoms with E-state index in [0.717, 1.165) is 111 Å². The van der Waals surface area contributed by atoms with E-state index in [4.69, 9.17) is 18.9 Å². The molecule has 2 saturated carbocycles. The maximum Gasteiger partial charge on any atom is 1.00 e. The minimum Gasteiger partial charge on any atom is -0.793 e. The Labute approximate surface area is 434 Å². The number of carbonyl (C=O) groups is 4. The Morgan fingerprint density at radius 1 is 0.681 bits per heavy atom. The standard InChI is InChI=1S/C22H35FN2O2.C13H19F.C10H17NO3.C4H6O4.C2H3BO2.Na/c1-3-12-25(13-4-5-18-6-8-20(23)9-7-18)17-19-16-22(26-14-15-27-22)11-10-21(19)24-2;1-2-3-4-5-6-7-12-8-10-13(14)11-9-12;1-11-9-2-3-10(6-8(9)7-12)13-4-5-14-10;1-3(5)7-8-4(2)6;1-2(4)5-3;/h6-9,19,21,24H,3-5,10-17H2,1-2H3;8-11H,2-7H2,1H3;7-9,11H,2-6H2,1H3;1-2H3;1H3;/q;;;;-1;+1/t19-,21+;;8-,9+;;;/m0.0.../s1. The summed E-state index contributed by atoms with van der Waals surface area (Å²) in [4.78, 5) is 50.3. The summed E-state index contributed by atoms with van der Waals surface area (Å²) in [5.41, 5.74) is 2.47. The fourth-order valence-corrected chi connectivity index (χ4v) is 8.84. The molecular weight excluding hydrogens is 902 g/mol. The third kappa shape index (κ3) is 27.0. The zero-order valence-corrected chi connectivity index (χ0v) is 44.8. The van der Waals surface area contributed by atoms with Crippen molar-refractivity contribution in [1.29, 1.82) is 0 Å². The van der Waals surface area contributed by atoms with E-state index in [1.54, 1.807) is 24.3 Å². The predicted octanol–water partition coefficient (Wildman–Crippen LogP) is 4.92. The normalized spacial score (nSPS) is 20.5. The van der Waals surface area contributed by atoms with Crippen LogP contribution in [0.3, 0.4) is 0 Å². The molecule has 2 aromatic carbocycles. The third-order valence-electron chi connectivity index (χ3n) is 12.2. The molecule has 2 aliphatic carbocycles. The third-order valence-corrected chi connectivity index (χ3v) is 12.2. The van der Waals surface area contributed by atoms with Crippen LogP contribution in [0.5, 0.6) is 0 Å². The van der Waals surface area contributed by atoms with E-state index in [-0.39, 0.29) is 58.9 Å². The van der Waals surface area contributed by atoms with Gasteiger partial charge in [0.05, 0.1) is 26.4 Å². The molecule has 0 amide bonds. The maximum atomic E-state index is 13.1. The van der Waals surface area contributed by atoms with Crippen LogP contribution in [0.15, 0.2) is 48.5 Å². The van der Waals surface area contributed by atoms with Gasteiger partial charge in [0.25, 0.3) is 0 Å². The van der Waals surface area contributed by atoms with Gasteiger partial charge in [-0.15, -0.1) is 0 Å². The van der Waals surface area contributed by atoms with Gasteiger partial charge in [-0.2, -0.15) is 0 Å². The molecule has 14 nitrogen and oxygen atoms in total. The molecule has 3 radical (unpaired) electrons. The van der Waals surface area contributed by atoms with Gasteiger partial charge in [-0.05, 0) is 113 Å². The Hall–Kier alpha value is -2.84. The molecule has 69 heavy (non-hydrogen) atoms. The molecule has 6 rings (SSSR count). The fourth-order valence-electron chi connectivity index (χ4n) is 8.84. The summed E-state index contributed by atoms with van der Waals surface area (Å²) in [5, 5.41) is 6.69. The van der Waals surface area contributed by atoms with Gasteiger partial charge in [-0.3, -0.25) is 4.79 Å². The number of aryl methyl sites for hydroxylation is 2. The number of nitrogens with one attached hydrogen (secondary N) is 2. The number of halogens is 2. The van der Waals surface area contributed by atoms with Gasteiger partial charge in [0.2, 0.25) is 5.97 Å². The van der Waals surface area contributed by atoms with Crippen LogP contribution in [-0.2, 0) is 65.4 Å². The first-order valence-electron chi connectivity index (χ1n) is 24.5. The average molecular weight is 983 g/mol. The second-order valence-electron chi connectivity index (χ2n) is 17.6. The monoisotopic (exact) mass is 983 g/mol. The molecule has 4 atom stereocenters. The van der Waals surface area contributed by atoms with Gasteiger partial charge in [-0.1, -0.05) is 63.8 Å². The van der Waals surface area contributed by atoms with Crippen LogP contribution < -0.4 is 40.2 Å². The van der Waals surface area contributed by atoms with Crippen molar-refractivity contribution in [2.75, 3.05) is 60.2 Å². The van der Waals surface area contributed by atoms with Crippen LogP contribution in [0.4, 0.5) is 8.78 Å². The number of aldehydes is 1. The second-order valence-corrected chi connectivity index (χ2v) is 17.6. The molecule has 18 heteroatoms. The van der Waals surface area contributed by atoms with Gasteiger partial charge >= 0.3 is 41.5 Å². The summed E-state index contributed by atoms with van der Waals surface area (Å²) in [5.74, 6) is -2.26. The molecule has 383 valence electrons. The van der Waals surface area contributed by atoms with Crippen LogP contribution in [0.25, 0.3) is 0 Å². The molecular formula is C51H80BF2N3NaO11. The van der Waals surface area contributed by atoms with Crippen molar-refractivity contribution in [3.8, 4) is 0 Å². The summed E-state index contributed by atoms with van der Waals surface area (Å²) < 4.78 is 52.4. The first-order valence-corrected chi connectivity index (χ1v) is 24.5. The number of nitrogens with zero attached hydrogens (tertiary/aromatic N) is 1. The number of unbranched alkanes of at least 4 members (excludes halogenated alkanes) is 4. The number of ether oxygens (including phenoxy) is 4. The van der Waals surface area contributed by atoms with E-state index in [9.17, 15) is 28.0 Å². The van der Waals surface area contributed by atoms with Crippen molar-refractivity contribution < 1.29 is 90.9 Å². The largest absolute Gasteiger partial charge is 1.00 e. The van der Waals surface area contributed by atoms with Crippen LogP contribution in [0, 0.1) is 23.5 Å². The fraction of sp³-hybridized carbons (Fsp3) is 0.686. The Kier molecular flexibility index (Phi) is 34.4. The Morgan fingerprint density at radius 2 is 1.13 bits per heavy atom. The van der Waals surface area contributed by atoms with E-state index >= 15 is 0 Å². The van der Waals surface area contributed by atoms with E-state index in [1.807, 2.05) is 31.3 Å². The maximum absolute atomic E-state index is 13.1. The van der Waals surface area contributed by atoms with Gasteiger partial charge in [-0.25, -0.2) is 28.1 Å². The molecule has 2 aromatic rings. The SMILES string of the molecule is CC(=O)OOC(C)=O.CCCCCCCc1ccc(F)cc1.CCCN(CCCc1ccc(F)cc1)C[C@@H]1CC2(CC[C@H]1NC)OCCO2.CN[C@@H]1CCC2(C[C@H]1C=O)OCCO2.[B-]OC(C)=O.[Na+]. The molecule has 4 fully saturated rings. The van der Waals surface area contributed by atoms with Gasteiger partial charge in [0, 0.05) is 71.0 Å². The average Bonchev–Trinajstić information content (AvgIpc) is 3.99. The smallest absolute Gasteiger partial charge is 0.793 e. The zero-order chi connectivity index (χ0) is 50.2.